The van der Waals surface area contributed by atoms with Crippen molar-refractivity contribution < 1.29 is 204 Å². The first kappa shape index (κ1) is 113. The summed E-state index contributed by atoms with van der Waals surface area (Å²) in [6.45, 7) is -4.35. The molecule has 4 aliphatic heterocycles. The zero-order valence-electron chi connectivity index (χ0n) is 68.9. The van der Waals surface area contributed by atoms with E-state index in [9.17, 15) is 148 Å². The molecule has 8 aromatic rings. The highest BCUT2D eigenvalue weighted by atomic mass is 35.5. The van der Waals surface area contributed by atoms with E-state index in [0.29, 0.717) is 27.1 Å². The van der Waals surface area contributed by atoms with E-state index < -0.39 is 250 Å². The number of aliphatic hydroxyl groups excluding tert-OH is 8. The number of ether oxygens (including phenoxy) is 4. The first-order valence-corrected chi connectivity index (χ1v) is 51.4. The Hall–Kier alpha value is -7.47. The van der Waals surface area contributed by atoms with Crippen molar-refractivity contribution in [3.8, 4) is 0 Å². The summed E-state index contributed by atoms with van der Waals surface area (Å²) in [5, 5.41) is 83.0. The van der Waals surface area contributed by atoms with Crippen LogP contribution in [0.3, 0.4) is 0 Å². The van der Waals surface area contributed by atoms with E-state index in [1.165, 1.54) is 18.2 Å². The Morgan fingerprint density at radius 1 is 0.307 bits per heavy atom. The number of halogens is 5. The fraction of sp³-hybridized carbons (Fsp3) is 0.412. The lowest BCUT2D eigenvalue weighted by Crippen LogP contribution is -2.43. The second-order valence-corrected chi connectivity index (χ2v) is 41.3. The molecule has 0 saturated carbocycles. The minimum absolute atomic E-state index is 0.00432. The smallest absolute Gasteiger partial charge is 0.387 e. The number of nitrogens with zero attached hydrogens (tertiary/aromatic N) is 8. The van der Waals surface area contributed by atoms with Gasteiger partial charge in [0.15, 0.2) is 24.9 Å². The van der Waals surface area contributed by atoms with Crippen LogP contribution in [-0.2, 0) is 143 Å². The second kappa shape index (κ2) is 47.2. The van der Waals surface area contributed by atoms with E-state index in [-0.39, 0.29) is 56.6 Å². The first-order valence-electron chi connectivity index (χ1n) is 38.5. The van der Waals surface area contributed by atoms with Crippen LogP contribution in [0.25, 0.3) is 0 Å². The number of aryl methyl sites for hydroxylation is 4. The molecule has 0 radical (unpaired) electrons. The van der Waals surface area contributed by atoms with Gasteiger partial charge in [-0.2, -0.15) is 17.2 Å². The predicted molar refractivity (Wildman–Crippen MR) is 450 cm³/mol. The molecule has 12 rings (SSSR count). The van der Waals surface area contributed by atoms with Gasteiger partial charge in [-0.15, -0.1) is 0 Å². The highest BCUT2D eigenvalue weighted by Gasteiger charge is 2.51. The predicted octanol–water partition coefficient (Wildman–Crippen LogP) is -1.88. The zero-order valence-corrected chi connectivity index (χ0v) is 77.6. The Kier molecular flexibility index (Phi) is 38.9. The molecular formula is C68H83Cl2F3N8O48P8. The molecule has 0 aliphatic carbocycles. The summed E-state index contributed by atoms with van der Waals surface area (Å²) in [6.07, 6.45) is -21.7. The maximum atomic E-state index is 13.9. The van der Waals surface area contributed by atoms with Crippen LogP contribution in [0, 0.1) is 17.5 Å². The molecule has 137 heavy (non-hydrogen) atoms. The van der Waals surface area contributed by atoms with Crippen molar-refractivity contribution in [1.82, 2.24) is 36.5 Å². The highest BCUT2D eigenvalue weighted by Crippen LogP contribution is 2.61. The van der Waals surface area contributed by atoms with Crippen molar-refractivity contribution in [2.45, 2.75) is 150 Å². The van der Waals surface area contributed by atoms with E-state index in [1.807, 2.05) is 0 Å². The van der Waals surface area contributed by atoms with E-state index >= 15 is 0 Å². The fourth-order valence-corrected chi connectivity index (χ4v) is 19.9. The summed E-state index contributed by atoms with van der Waals surface area (Å²) in [6, 6.07) is 26.2. The van der Waals surface area contributed by atoms with Gasteiger partial charge in [-0.05, 0) is 84.3 Å². The van der Waals surface area contributed by atoms with Crippen molar-refractivity contribution in [1.29, 1.82) is 0 Å². The lowest BCUT2D eigenvalue weighted by molar-refractivity contribution is -0.0548. The monoisotopic (exact) mass is 2150 g/mol. The number of aliphatic hydroxyl groups is 8. The summed E-state index contributed by atoms with van der Waals surface area (Å²) in [5.41, 5.74) is -4.52. The minimum atomic E-state index is -5.40. The SMILES string of the molecule is O=c1ccn([C@@H]2O[C@H](COP(=O)(O)OP(=O)(O)O)[C@H](O)C2O)c(=O)n1CCc1ccc(Cl)cc1.O=c1ccn([C@@H]2O[C@H](COP(=O)(O)OP(=O)(O)O)[C@H](O)C2O)c(=O)n1CCc1ccc(F)cc1F.O=c1ccn([C@@H]2O[C@H](COP(=O)(O)OP(=O)(O)O)[C@H](O)C2O)c(=O)n1CCc1cccc(Cl)c1.O=c1ccn([C@@H]2O[C@H](COP(=O)(O)OP(=O)(O)O)[C@H](O)C2O)c(=O)n1CCc1ccccc1F. The lowest BCUT2D eigenvalue weighted by Gasteiger charge is -2.19. The molecular weight excluding hydrogens is 2070 g/mol. The van der Waals surface area contributed by atoms with Gasteiger partial charge in [0.2, 0.25) is 0 Å². The third-order valence-electron chi connectivity index (χ3n) is 19.5. The summed E-state index contributed by atoms with van der Waals surface area (Å²) < 4.78 is 190. The van der Waals surface area contributed by atoms with Crippen molar-refractivity contribution in [3.05, 3.63) is 273 Å². The van der Waals surface area contributed by atoms with Crippen molar-refractivity contribution in [2.24, 2.45) is 0 Å². The second-order valence-electron chi connectivity index (χ2n) is 29.1. The van der Waals surface area contributed by atoms with Gasteiger partial charge < -0.3 is 119 Å². The molecule has 0 amide bonds. The number of hydrogen-bond donors (Lipinski definition) is 20. The zero-order chi connectivity index (χ0) is 102. The minimum Gasteiger partial charge on any atom is -0.387 e. The molecule has 20 N–H and O–H groups in total. The Balaban J connectivity index is 0.000000205. The topological polar surface area (TPSA) is 828 Å². The number of hydrogen-bond acceptors (Lipinski definition) is 36. The third kappa shape index (κ3) is 32.3. The van der Waals surface area contributed by atoms with E-state index in [1.54, 1.807) is 54.6 Å². The van der Waals surface area contributed by atoms with Crippen LogP contribution < -0.4 is 45.0 Å². The first-order chi connectivity index (χ1) is 63.5. The molecule has 0 spiro atoms. The van der Waals surface area contributed by atoms with Gasteiger partial charge in [-0.1, -0.05) is 71.7 Å². The van der Waals surface area contributed by atoms with Crippen LogP contribution in [-0.4, -0.2) is 236 Å². The summed E-state index contributed by atoms with van der Waals surface area (Å²) in [4.78, 5) is 207. The van der Waals surface area contributed by atoms with Gasteiger partial charge in [0.05, 0.1) is 26.4 Å². The van der Waals surface area contributed by atoms with Gasteiger partial charge in [-0.25, -0.2) is 68.9 Å². The Labute approximate surface area is 772 Å². The van der Waals surface area contributed by atoms with Crippen molar-refractivity contribution in [2.75, 3.05) is 26.4 Å². The van der Waals surface area contributed by atoms with Crippen LogP contribution >= 0.6 is 85.8 Å². The molecule has 4 saturated heterocycles. The highest BCUT2D eigenvalue weighted by molar-refractivity contribution is 7.62. The van der Waals surface area contributed by atoms with Crippen LogP contribution in [0.1, 0.15) is 47.2 Å². The Morgan fingerprint density at radius 2 is 0.591 bits per heavy atom. The van der Waals surface area contributed by atoms with Gasteiger partial charge in [0, 0.05) is 91.3 Å². The fourth-order valence-electron chi connectivity index (χ4n) is 13.1. The lowest BCUT2D eigenvalue weighted by atomic mass is 10.1. The van der Waals surface area contributed by atoms with E-state index in [2.05, 4.69) is 35.3 Å². The summed E-state index contributed by atoms with van der Waals surface area (Å²) in [5.74, 6) is -2.20. The van der Waals surface area contributed by atoms with E-state index in [4.69, 9.17) is 81.3 Å². The Bertz CT molecular complexity index is 6550. The summed E-state index contributed by atoms with van der Waals surface area (Å²) >= 11 is 11.8. The molecule has 4 aliphatic rings. The van der Waals surface area contributed by atoms with Crippen LogP contribution in [0.5, 0.6) is 0 Å². The van der Waals surface area contributed by atoms with Gasteiger partial charge in [-0.3, -0.25) is 73.8 Å². The number of phosphoric acid groups is 8. The van der Waals surface area contributed by atoms with Crippen molar-refractivity contribution in [3.63, 3.8) is 0 Å². The molecule has 69 heteroatoms. The molecule has 56 nitrogen and oxygen atoms in total. The Morgan fingerprint density at radius 3 is 0.876 bits per heavy atom. The van der Waals surface area contributed by atoms with Crippen LogP contribution in [0.15, 0.2) is 178 Å². The number of phosphoric ester groups is 4. The van der Waals surface area contributed by atoms with E-state index in [0.717, 1.165) is 104 Å². The van der Waals surface area contributed by atoms with Crippen LogP contribution in [0.2, 0.25) is 10.0 Å². The standard InChI is InChI=1S/2C17H21ClN2O12P2.C17H20F2N2O12P2.C17H21FN2O12P2/c18-11-3-1-10(2-4-11)5-7-19-13(21)6-8-20(17(19)24)16-15(23)14(22)12(31-16)9-30-34(28,29)32-33(25,26)27;18-11-3-1-2-10(8-11)4-6-19-13(21)5-7-20(17(19)24)16-15(23)14(22)12(31-16)9-30-34(28,29)32-33(25,26)27;18-10-2-1-9(11(19)7-10)3-5-20-13(22)4-6-21(17(20)25)16-15(24)14(23)12(32-16)8-31-35(29,30)33-34(26,27)28;18-11-4-2-1-3-10(11)5-7-19-13(21)6-8-20(17(19)24)16-15(23)14(22)12(31-16)9-30-34(28,29)32-33(25,26)27/h1-4,6,8,12,14-16,22-23H,5,7,9H2,(H,28,29)(H2,25,26,27);1-3,5,7-8,12,14-16,22-23H,4,6,9H2,(H,28,29)(H2,25,26,27);1-2,4,6-7,12,14-16,23-24H,3,5,8H2,(H,29,30)(H2,26,27,28);1-4,6,8,12,14-16,22-23H,5,7,9H2,(H,28,29)(H2,25,26,27)/t4*12-,14+,15?,16-/m1111/s1. The number of benzene rings is 4. The van der Waals surface area contributed by atoms with Crippen molar-refractivity contribution >= 4 is 85.8 Å². The molecule has 8 unspecified atom stereocenters. The third-order valence-corrected chi connectivity index (χ3v) is 28.6. The van der Waals surface area contributed by atoms with Crippen LogP contribution in [0.4, 0.5) is 13.2 Å². The molecule has 4 aromatic carbocycles. The molecule has 8 heterocycles. The van der Waals surface area contributed by atoms with Gasteiger partial charge in [0.25, 0.3) is 22.2 Å². The summed E-state index contributed by atoms with van der Waals surface area (Å²) in [7, 11) is -42.5. The number of aromatic nitrogens is 8. The maximum Gasteiger partial charge on any atom is 0.481 e. The molecule has 20 atom stereocenters. The molecule has 4 aromatic heterocycles. The number of rotatable bonds is 36. The van der Waals surface area contributed by atoms with Gasteiger partial charge >= 0.3 is 85.3 Å². The quantitative estimate of drug-likeness (QED) is 0.0191. The van der Waals surface area contributed by atoms with Gasteiger partial charge in [0.1, 0.15) is 90.7 Å². The normalized spacial score (nSPS) is 24.7. The average Bonchev–Trinajstić information content (AvgIpc) is 1.67. The molecule has 4 fully saturated rings. The molecule has 758 valence electrons. The maximum absolute atomic E-state index is 13.9. The largest absolute Gasteiger partial charge is 0.481 e. The average molecular weight is 2160 g/mol. The molecule has 0 bridgehead atoms.